The van der Waals surface area contributed by atoms with E-state index in [-0.39, 0.29) is 5.91 Å². The third-order valence-electron chi connectivity index (χ3n) is 2.87. The molecular formula is C13H21BrN2O. The van der Waals surface area contributed by atoms with E-state index in [0.717, 1.165) is 29.7 Å². The van der Waals surface area contributed by atoms with Crippen molar-refractivity contribution in [2.45, 2.75) is 39.7 Å². The molecule has 0 atom stereocenters. The summed E-state index contributed by atoms with van der Waals surface area (Å²) in [6.45, 7) is 5.86. The van der Waals surface area contributed by atoms with Gasteiger partial charge >= 0.3 is 0 Å². The Morgan fingerprint density at radius 1 is 1.41 bits per heavy atom. The van der Waals surface area contributed by atoms with Crippen molar-refractivity contribution in [2.75, 3.05) is 13.6 Å². The number of halogens is 1. The molecule has 1 rings (SSSR count). The van der Waals surface area contributed by atoms with Crippen molar-refractivity contribution < 1.29 is 4.79 Å². The Balaban J connectivity index is 2.67. The minimum atomic E-state index is 0.105. The van der Waals surface area contributed by atoms with E-state index in [2.05, 4.69) is 22.9 Å². The number of nitrogens with zero attached hydrogens (tertiary/aromatic N) is 2. The molecule has 4 heteroatoms. The van der Waals surface area contributed by atoms with Crippen molar-refractivity contribution in [3.05, 3.63) is 22.4 Å². The topological polar surface area (TPSA) is 25.2 Å². The maximum atomic E-state index is 12.2. The summed E-state index contributed by atoms with van der Waals surface area (Å²) in [5.41, 5.74) is 0.762. The molecule has 0 bridgehead atoms. The maximum absolute atomic E-state index is 12.2. The molecule has 1 aromatic heterocycles. The second kappa shape index (κ2) is 6.84. The van der Waals surface area contributed by atoms with Crippen molar-refractivity contribution in [3.8, 4) is 0 Å². The highest BCUT2D eigenvalue weighted by atomic mass is 79.9. The van der Waals surface area contributed by atoms with Gasteiger partial charge in [0.1, 0.15) is 5.69 Å². The summed E-state index contributed by atoms with van der Waals surface area (Å²) < 4.78 is 2.94. The van der Waals surface area contributed by atoms with Gasteiger partial charge in [0.15, 0.2) is 0 Å². The molecule has 1 amide bonds. The lowest BCUT2D eigenvalue weighted by atomic mass is 10.2. The number of carbonyl (C=O) groups excluding carboxylic acids is 1. The van der Waals surface area contributed by atoms with Gasteiger partial charge in [0, 0.05) is 30.8 Å². The van der Waals surface area contributed by atoms with Crippen LogP contribution in [0.15, 0.2) is 16.7 Å². The SMILES string of the molecule is CCCCCN(C)C(=O)c1cc(Br)cn1CC. The van der Waals surface area contributed by atoms with Crippen molar-refractivity contribution >= 4 is 21.8 Å². The molecule has 0 fully saturated rings. The largest absolute Gasteiger partial charge is 0.343 e. The fraction of sp³-hybridized carbons (Fsp3) is 0.615. The van der Waals surface area contributed by atoms with Gasteiger partial charge in [-0.05, 0) is 35.3 Å². The Hall–Kier alpha value is -0.770. The van der Waals surface area contributed by atoms with Crippen molar-refractivity contribution in [3.63, 3.8) is 0 Å². The van der Waals surface area contributed by atoms with Gasteiger partial charge in [-0.15, -0.1) is 0 Å². The van der Waals surface area contributed by atoms with Crippen LogP contribution < -0.4 is 0 Å². The predicted octanol–water partition coefficient (Wildman–Crippen LogP) is 3.53. The van der Waals surface area contributed by atoms with Crippen LogP contribution in [0.2, 0.25) is 0 Å². The summed E-state index contributed by atoms with van der Waals surface area (Å²) in [6.07, 6.45) is 5.38. The van der Waals surface area contributed by atoms with Crippen LogP contribution in [0.4, 0.5) is 0 Å². The first-order chi connectivity index (χ1) is 8.10. The molecule has 0 radical (unpaired) electrons. The zero-order chi connectivity index (χ0) is 12.8. The Kier molecular flexibility index (Phi) is 5.75. The van der Waals surface area contributed by atoms with Crippen LogP contribution >= 0.6 is 15.9 Å². The molecule has 0 saturated carbocycles. The van der Waals surface area contributed by atoms with Crippen LogP contribution in [-0.2, 0) is 6.54 Å². The fourth-order valence-corrected chi connectivity index (χ4v) is 2.28. The monoisotopic (exact) mass is 300 g/mol. The molecule has 0 unspecified atom stereocenters. The maximum Gasteiger partial charge on any atom is 0.270 e. The first-order valence-corrected chi connectivity index (χ1v) is 7.00. The van der Waals surface area contributed by atoms with E-state index >= 15 is 0 Å². The van der Waals surface area contributed by atoms with E-state index < -0.39 is 0 Å². The zero-order valence-electron chi connectivity index (χ0n) is 10.9. The van der Waals surface area contributed by atoms with E-state index in [1.165, 1.54) is 12.8 Å². The molecule has 0 saturated heterocycles. The summed E-state index contributed by atoms with van der Waals surface area (Å²) in [5.74, 6) is 0.105. The third kappa shape index (κ3) is 3.87. The van der Waals surface area contributed by atoms with Crippen LogP contribution in [0.1, 0.15) is 43.6 Å². The van der Waals surface area contributed by atoms with Crippen LogP contribution in [0.3, 0.4) is 0 Å². The molecule has 0 spiro atoms. The zero-order valence-corrected chi connectivity index (χ0v) is 12.5. The van der Waals surface area contributed by atoms with Gasteiger partial charge in [-0.25, -0.2) is 0 Å². The van der Waals surface area contributed by atoms with Crippen molar-refractivity contribution in [2.24, 2.45) is 0 Å². The smallest absolute Gasteiger partial charge is 0.270 e. The Morgan fingerprint density at radius 3 is 2.71 bits per heavy atom. The number of carbonyl (C=O) groups is 1. The van der Waals surface area contributed by atoms with Gasteiger partial charge in [-0.1, -0.05) is 19.8 Å². The summed E-state index contributed by atoms with van der Waals surface area (Å²) in [6, 6.07) is 1.89. The summed E-state index contributed by atoms with van der Waals surface area (Å²) in [7, 11) is 1.87. The average Bonchev–Trinajstić information content (AvgIpc) is 2.69. The van der Waals surface area contributed by atoms with Crippen LogP contribution in [0.25, 0.3) is 0 Å². The Labute approximate surface area is 112 Å². The van der Waals surface area contributed by atoms with E-state index in [4.69, 9.17) is 0 Å². The minimum Gasteiger partial charge on any atom is -0.343 e. The van der Waals surface area contributed by atoms with Gasteiger partial charge in [0.2, 0.25) is 0 Å². The number of hydrogen-bond acceptors (Lipinski definition) is 1. The molecule has 96 valence electrons. The van der Waals surface area contributed by atoms with E-state index in [1.807, 2.05) is 35.7 Å². The Morgan fingerprint density at radius 2 is 2.12 bits per heavy atom. The molecule has 3 nitrogen and oxygen atoms in total. The second-order valence-electron chi connectivity index (χ2n) is 4.26. The molecule has 17 heavy (non-hydrogen) atoms. The van der Waals surface area contributed by atoms with Crippen molar-refractivity contribution in [1.82, 2.24) is 9.47 Å². The van der Waals surface area contributed by atoms with Crippen LogP contribution in [-0.4, -0.2) is 29.0 Å². The summed E-state index contributed by atoms with van der Waals surface area (Å²) in [5, 5.41) is 0. The van der Waals surface area contributed by atoms with E-state index in [0.29, 0.717) is 0 Å². The predicted molar refractivity (Wildman–Crippen MR) is 74.3 cm³/mol. The van der Waals surface area contributed by atoms with Gasteiger partial charge in [0.25, 0.3) is 5.91 Å². The standard InChI is InChI=1S/C13H21BrN2O/c1-4-6-7-8-15(3)13(17)12-9-11(14)10-16(12)5-2/h9-10H,4-8H2,1-3H3. The highest BCUT2D eigenvalue weighted by molar-refractivity contribution is 9.10. The number of aryl methyl sites for hydroxylation is 1. The van der Waals surface area contributed by atoms with Gasteiger partial charge in [-0.2, -0.15) is 0 Å². The minimum absolute atomic E-state index is 0.105. The summed E-state index contributed by atoms with van der Waals surface area (Å²) >= 11 is 3.41. The Bertz CT molecular complexity index is 373. The lowest BCUT2D eigenvalue weighted by Gasteiger charge is -2.17. The summed E-state index contributed by atoms with van der Waals surface area (Å²) in [4.78, 5) is 14.0. The van der Waals surface area contributed by atoms with E-state index in [9.17, 15) is 4.79 Å². The molecule has 1 aromatic rings. The first kappa shape index (κ1) is 14.3. The molecular weight excluding hydrogens is 280 g/mol. The highest BCUT2D eigenvalue weighted by Gasteiger charge is 2.16. The first-order valence-electron chi connectivity index (χ1n) is 6.21. The second-order valence-corrected chi connectivity index (χ2v) is 5.18. The molecule has 0 N–H and O–H groups in total. The fourth-order valence-electron chi connectivity index (χ4n) is 1.81. The number of hydrogen-bond donors (Lipinski definition) is 0. The van der Waals surface area contributed by atoms with Crippen LogP contribution in [0.5, 0.6) is 0 Å². The van der Waals surface area contributed by atoms with Gasteiger partial charge < -0.3 is 9.47 Å². The molecule has 0 aliphatic heterocycles. The number of unbranched alkanes of at least 4 members (excludes halogenated alkanes) is 2. The van der Waals surface area contributed by atoms with Crippen molar-refractivity contribution in [1.29, 1.82) is 0 Å². The quantitative estimate of drug-likeness (QED) is 0.738. The molecule has 0 aliphatic rings. The lowest BCUT2D eigenvalue weighted by molar-refractivity contribution is 0.0782. The highest BCUT2D eigenvalue weighted by Crippen LogP contribution is 2.16. The molecule has 1 heterocycles. The third-order valence-corrected chi connectivity index (χ3v) is 3.30. The number of aromatic nitrogens is 1. The van der Waals surface area contributed by atoms with E-state index in [1.54, 1.807) is 0 Å². The number of rotatable bonds is 6. The van der Waals surface area contributed by atoms with Gasteiger partial charge in [0.05, 0.1) is 0 Å². The number of amides is 1. The average molecular weight is 301 g/mol. The molecule has 0 aliphatic carbocycles. The molecule has 0 aromatic carbocycles. The van der Waals surface area contributed by atoms with Crippen LogP contribution in [0, 0.1) is 0 Å². The lowest BCUT2D eigenvalue weighted by Crippen LogP contribution is -2.29. The normalized spacial score (nSPS) is 10.6. The van der Waals surface area contributed by atoms with Gasteiger partial charge in [-0.3, -0.25) is 4.79 Å².